The van der Waals surface area contributed by atoms with Crippen LogP contribution >= 0.6 is 11.6 Å². The van der Waals surface area contributed by atoms with Gasteiger partial charge in [-0.05, 0) is 24.3 Å². The fourth-order valence-corrected chi connectivity index (χ4v) is 5.40. The van der Waals surface area contributed by atoms with Crippen LogP contribution in [0.4, 0.5) is 8.78 Å². The second kappa shape index (κ2) is 10.9. The molecular formula is C27H29ClF2N2O4. The van der Waals surface area contributed by atoms with Crippen molar-refractivity contribution in [3.05, 3.63) is 63.7 Å². The fraction of sp³-hybridized carbons (Fsp3) is 0.444. The maximum atomic E-state index is 14.6. The Kier molecular flexibility index (Phi) is 8.37. The molecule has 0 unspecified atom stereocenters. The fourth-order valence-electron chi connectivity index (χ4n) is 5.19. The van der Waals surface area contributed by atoms with Gasteiger partial charge in [0.1, 0.15) is 35.8 Å². The third-order valence-electron chi connectivity index (χ3n) is 6.71. The van der Waals surface area contributed by atoms with Gasteiger partial charge >= 0.3 is 0 Å². The number of carbonyl (C=O) groups is 2. The first-order valence-corrected chi connectivity index (χ1v) is 12.0. The molecule has 1 amide bonds. The van der Waals surface area contributed by atoms with E-state index in [1.54, 1.807) is 18.2 Å². The number of hydrogen-bond donors (Lipinski definition) is 1. The summed E-state index contributed by atoms with van der Waals surface area (Å²) in [5, 5.41) is 12.3. The summed E-state index contributed by atoms with van der Waals surface area (Å²) < 4.78 is 40.6. The minimum atomic E-state index is -0.829. The van der Waals surface area contributed by atoms with E-state index in [2.05, 4.69) is 5.32 Å². The number of rotatable bonds is 10. The van der Waals surface area contributed by atoms with Crippen molar-refractivity contribution in [1.82, 2.24) is 5.32 Å². The van der Waals surface area contributed by atoms with Gasteiger partial charge in [-0.15, -0.1) is 0 Å². The molecular weight excluding hydrogens is 490 g/mol. The number of ether oxygens (including phenoxy) is 2. The van der Waals surface area contributed by atoms with Crippen LogP contribution in [0.3, 0.4) is 0 Å². The number of carbonyl (C=O) groups excluding carboxylic acids is 2. The molecule has 0 aliphatic heterocycles. The van der Waals surface area contributed by atoms with Gasteiger partial charge in [-0.2, -0.15) is 5.26 Å². The lowest BCUT2D eigenvalue weighted by molar-refractivity contribution is -0.164. The van der Waals surface area contributed by atoms with Crippen molar-refractivity contribution in [1.29, 1.82) is 5.26 Å². The van der Waals surface area contributed by atoms with E-state index < -0.39 is 28.4 Å². The highest BCUT2D eigenvalue weighted by molar-refractivity contribution is 6.31. The minimum absolute atomic E-state index is 0.0144. The molecule has 1 fully saturated rings. The van der Waals surface area contributed by atoms with Crippen LogP contribution in [0.1, 0.15) is 55.6 Å². The molecule has 0 heterocycles. The third-order valence-corrected chi connectivity index (χ3v) is 7.02. The van der Waals surface area contributed by atoms with Crippen molar-refractivity contribution in [2.24, 2.45) is 10.8 Å². The maximum absolute atomic E-state index is 14.6. The molecule has 9 heteroatoms. The molecule has 0 bridgehead atoms. The number of nitriles is 1. The largest absolute Gasteiger partial charge is 0.489 e. The van der Waals surface area contributed by atoms with Gasteiger partial charge in [0.25, 0.3) is 5.91 Å². The maximum Gasteiger partial charge on any atom is 0.251 e. The van der Waals surface area contributed by atoms with E-state index in [9.17, 15) is 18.4 Å². The number of nitrogens with zero attached hydrogens (tertiary/aromatic N) is 1. The van der Waals surface area contributed by atoms with Crippen LogP contribution in [-0.2, 0) is 16.0 Å². The molecule has 1 saturated carbocycles. The number of benzene rings is 2. The van der Waals surface area contributed by atoms with Crippen molar-refractivity contribution in [2.45, 2.75) is 52.7 Å². The minimum Gasteiger partial charge on any atom is -0.489 e. The lowest BCUT2D eigenvalue weighted by Crippen LogP contribution is -2.74. The van der Waals surface area contributed by atoms with E-state index in [0.29, 0.717) is 17.6 Å². The second-order valence-corrected chi connectivity index (χ2v) is 10.4. The molecule has 1 N–H and O–H groups in total. The Balaban J connectivity index is 1.69. The van der Waals surface area contributed by atoms with Crippen molar-refractivity contribution < 1.29 is 27.8 Å². The van der Waals surface area contributed by atoms with Crippen LogP contribution < -0.4 is 10.1 Å². The monoisotopic (exact) mass is 518 g/mol. The Morgan fingerprint density at radius 2 is 1.78 bits per heavy atom. The van der Waals surface area contributed by atoms with Crippen LogP contribution in [0.15, 0.2) is 30.3 Å². The molecule has 2 aromatic rings. The highest BCUT2D eigenvalue weighted by atomic mass is 35.5. The molecule has 0 spiro atoms. The Hall–Kier alpha value is -3.02. The number of hydrogen-bond acceptors (Lipinski definition) is 5. The Morgan fingerprint density at radius 3 is 2.33 bits per heavy atom. The zero-order valence-corrected chi connectivity index (χ0v) is 21.4. The molecule has 0 saturated heterocycles. The topological polar surface area (TPSA) is 88.4 Å². The first kappa shape index (κ1) is 27.6. The zero-order chi connectivity index (χ0) is 26.7. The van der Waals surface area contributed by atoms with Crippen molar-refractivity contribution >= 4 is 23.8 Å². The van der Waals surface area contributed by atoms with Gasteiger partial charge in [-0.25, -0.2) is 8.78 Å². The lowest BCUT2D eigenvalue weighted by atomic mass is 9.49. The van der Waals surface area contributed by atoms with E-state index in [-0.39, 0.29) is 54.4 Å². The van der Waals surface area contributed by atoms with Crippen LogP contribution in [0.2, 0.25) is 5.02 Å². The van der Waals surface area contributed by atoms with Gasteiger partial charge in [-0.3, -0.25) is 4.79 Å². The number of aldehydes is 1. The summed E-state index contributed by atoms with van der Waals surface area (Å²) in [7, 11) is 0. The SMILES string of the molecule is CC1(C)[C@H](NC(=O)c2cc(F)c(CCOCCC=O)c(F)c2)C(C)(C)[C@H]1Oc1ccc(C#N)c(Cl)c1. The summed E-state index contributed by atoms with van der Waals surface area (Å²) in [6, 6.07) is 8.52. The molecule has 1 aliphatic carbocycles. The summed E-state index contributed by atoms with van der Waals surface area (Å²) >= 11 is 6.13. The highest BCUT2D eigenvalue weighted by Crippen LogP contribution is 2.55. The first-order chi connectivity index (χ1) is 16.9. The Morgan fingerprint density at radius 1 is 1.14 bits per heavy atom. The highest BCUT2D eigenvalue weighted by Gasteiger charge is 2.64. The summed E-state index contributed by atoms with van der Waals surface area (Å²) in [6.07, 6.45) is 0.593. The quantitative estimate of drug-likeness (QED) is 0.343. The van der Waals surface area contributed by atoms with Crippen molar-refractivity contribution in [3.63, 3.8) is 0 Å². The standard InChI is InChI=1S/C27H29ClF2N2O4/c1-26(2)24(27(3,4)25(26)36-18-7-6-16(15-31)20(28)14-18)32-23(34)17-12-21(29)19(22(30)13-17)8-11-35-10-5-9-33/h6-7,9,12-14,24-25H,5,8,10-11H2,1-4H3,(H,32,34)/t24-,25-. The van der Waals surface area contributed by atoms with Crippen LogP contribution in [0.5, 0.6) is 5.75 Å². The summed E-state index contributed by atoms with van der Waals surface area (Å²) in [4.78, 5) is 23.3. The van der Waals surface area contributed by atoms with Gasteiger partial charge < -0.3 is 19.6 Å². The van der Waals surface area contributed by atoms with Crippen LogP contribution in [0.25, 0.3) is 0 Å². The molecule has 0 aromatic heterocycles. The molecule has 0 atom stereocenters. The summed E-state index contributed by atoms with van der Waals surface area (Å²) in [5.41, 5.74) is -0.982. The van der Waals surface area contributed by atoms with E-state index in [4.69, 9.17) is 26.3 Å². The second-order valence-electron chi connectivity index (χ2n) is 10.0. The van der Waals surface area contributed by atoms with E-state index in [1.807, 2.05) is 33.8 Å². The van der Waals surface area contributed by atoms with Crippen LogP contribution in [-0.4, -0.2) is 37.6 Å². The van der Waals surface area contributed by atoms with E-state index >= 15 is 0 Å². The molecule has 6 nitrogen and oxygen atoms in total. The molecule has 3 rings (SSSR count). The van der Waals surface area contributed by atoms with Crippen LogP contribution in [0, 0.1) is 33.8 Å². The van der Waals surface area contributed by atoms with Crippen molar-refractivity contribution in [2.75, 3.05) is 13.2 Å². The third kappa shape index (κ3) is 5.53. The number of nitrogens with one attached hydrogen (secondary N) is 1. The van der Waals surface area contributed by atoms with Gasteiger partial charge in [-0.1, -0.05) is 39.3 Å². The summed E-state index contributed by atoms with van der Waals surface area (Å²) in [6.45, 7) is 8.00. The molecule has 2 aromatic carbocycles. The average molecular weight is 519 g/mol. The molecule has 36 heavy (non-hydrogen) atoms. The Bertz CT molecular complexity index is 1150. The van der Waals surface area contributed by atoms with Gasteiger partial charge in [0, 0.05) is 46.9 Å². The predicted molar refractivity (Wildman–Crippen MR) is 131 cm³/mol. The average Bonchev–Trinajstić information content (AvgIpc) is 2.81. The van der Waals surface area contributed by atoms with E-state index in [1.165, 1.54) is 0 Å². The first-order valence-electron chi connectivity index (χ1n) is 11.6. The molecule has 0 radical (unpaired) electrons. The van der Waals surface area contributed by atoms with Gasteiger partial charge in [0.2, 0.25) is 0 Å². The van der Waals surface area contributed by atoms with E-state index in [0.717, 1.165) is 12.1 Å². The van der Waals surface area contributed by atoms with Gasteiger partial charge in [0.15, 0.2) is 0 Å². The lowest BCUT2D eigenvalue weighted by Gasteiger charge is -2.63. The normalized spacial score (nSPS) is 19.6. The molecule has 192 valence electrons. The Labute approximate surface area is 214 Å². The summed E-state index contributed by atoms with van der Waals surface area (Å²) in [5.74, 6) is -1.74. The zero-order valence-electron chi connectivity index (χ0n) is 20.7. The van der Waals surface area contributed by atoms with Gasteiger partial charge in [0.05, 0.1) is 23.8 Å². The van der Waals surface area contributed by atoms with Crippen molar-refractivity contribution in [3.8, 4) is 11.8 Å². The number of halogens is 3. The smallest absolute Gasteiger partial charge is 0.251 e. The predicted octanol–water partition coefficient (Wildman–Crippen LogP) is 5.25. The molecule has 1 aliphatic rings. The number of amides is 1.